The first kappa shape index (κ1) is 14.5. The minimum absolute atomic E-state index is 0.0116. The molecule has 0 fully saturated rings. The van der Waals surface area contributed by atoms with Crippen molar-refractivity contribution in [3.05, 3.63) is 51.3 Å². The van der Waals surface area contributed by atoms with E-state index in [9.17, 15) is 14.4 Å². The maximum atomic E-state index is 11.9. The van der Waals surface area contributed by atoms with Gasteiger partial charge in [0.05, 0.1) is 5.56 Å². The lowest BCUT2D eigenvalue weighted by Crippen LogP contribution is -2.42. The standard InChI is InChI=1S/C13H14N4O4/c1-7-6-9(8(2)21-7)12(19)14-15-13(20)10-4-5-11(18)17(3)16-10/h4-6H,1-3H3,(H,14,19)(H,15,20). The topological polar surface area (TPSA) is 106 Å². The summed E-state index contributed by atoms with van der Waals surface area (Å²) < 4.78 is 6.26. The first-order valence-electron chi connectivity index (χ1n) is 6.10. The molecular formula is C13H14N4O4. The van der Waals surface area contributed by atoms with E-state index in [0.717, 1.165) is 4.68 Å². The van der Waals surface area contributed by atoms with Gasteiger partial charge in [-0.05, 0) is 26.0 Å². The second-order valence-corrected chi connectivity index (χ2v) is 4.42. The molecule has 0 saturated heterocycles. The van der Waals surface area contributed by atoms with Gasteiger partial charge in [0.2, 0.25) is 0 Å². The second-order valence-electron chi connectivity index (χ2n) is 4.42. The molecule has 0 unspecified atom stereocenters. The van der Waals surface area contributed by atoms with Gasteiger partial charge in [-0.1, -0.05) is 0 Å². The highest BCUT2D eigenvalue weighted by Crippen LogP contribution is 2.12. The molecule has 110 valence electrons. The molecule has 2 amide bonds. The summed E-state index contributed by atoms with van der Waals surface area (Å²) in [6.45, 7) is 3.37. The molecule has 2 rings (SSSR count). The van der Waals surface area contributed by atoms with E-state index in [1.807, 2.05) is 0 Å². The quantitative estimate of drug-likeness (QED) is 0.761. The first-order chi connectivity index (χ1) is 9.88. The number of hydrogen-bond donors (Lipinski definition) is 2. The summed E-state index contributed by atoms with van der Waals surface area (Å²) in [7, 11) is 1.43. The van der Waals surface area contributed by atoms with Crippen molar-refractivity contribution in [3.63, 3.8) is 0 Å². The summed E-state index contributed by atoms with van der Waals surface area (Å²) in [6.07, 6.45) is 0. The summed E-state index contributed by atoms with van der Waals surface area (Å²) in [4.78, 5) is 34.9. The molecule has 0 aliphatic rings. The van der Waals surface area contributed by atoms with Crippen molar-refractivity contribution in [1.29, 1.82) is 0 Å². The average molecular weight is 290 g/mol. The van der Waals surface area contributed by atoms with Gasteiger partial charge in [0.15, 0.2) is 5.69 Å². The zero-order valence-electron chi connectivity index (χ0n) is 11.8. The van der Waals surface area contributed by atoms with Crippen LogP contribution in [0.4, 0.5) is 0 Å². The smallest absolute Gasteiger partial charge is 0.290 e. The number of aryl methyl sites for hydroxylation is 3. The summed E-state index contributed by atoms with van der Waals surface area (Å²) >= 11 is 0. The number of rotatable bonds is 2. The Balaban J connectivity index is 2.04. The van der Waals surface area contributed by atoms with E-state index in [1.54, 1.807) is 19.9 Å². The van der Waals surface area contributed by atoms with Gasteiger partial charge in [0.25, 0.3) is 17.4 Å². The molecule has 0 spiro atoms. The molecule has 0 bridgehead atoms. The number of furan rings is 1. The fraction of sp³-hybridized carbons (Fsp3) is 0.231. The number of carbonyl (C=O) groups is 2. The van der Waals surface area contributed by atoms with E-state index in [0.29, 0.717) is 17.1 Å². The summed E-state index contributed by atoms with van der Waals surface area (Å²) in [6, 6.07) is 4.06. The van der Waals surface area contributed by atoms with Crippen LogP contribution in [0.1, 0.15) is 32.4 Å². The predicted octanol–water partition coefficient (Wildman–Crippen LogP) is 0.0649. The van der Waals surface area contributed by atoms with E-state index in [4.69, 9.17) is 4.42 Å². The van der Waals surface area contributed by atoms with Crippen LogP contribution >= 0.6 is 0 Å². The van der Waals surface area contributed by atoms with Crippen LogP contribution in [0.25, 0.3) is 0 Å². The first-order valence-corrected chi connectivity index (χ1v) is 6.10. The zero-order chi connectivity index (χ0) is 15.6. The molecule has 2 heterocycles. The summed E-state index contributed by atoms with van der Waals surface area (Å²) in [5.41, 5.74) is 4.49. The molecule has 8 nitrogen and oxygen atoms in total. The molecular weight excluding hydrogens is 276 g/mol. The lowest BCUT2D eigenvalue weighted by atomic mass is 10.2. The highest BCUT2D eigenvalue weighted by molar-refractivity contribution is 5.98. The Morgan fingerprint density at radius 1 is 1.19 bits per heavy atom. The van der Waals surface area contributed by atoms with E-state index in [1.165, 1.54) is 19.2 Å². The zero-order valence-corrected chi connectivity index (χ0v) is 11.8. The minimum Gasteiger partial charge on any atom is -0.466 e. The van der Waals surface area contributed by atoms with Crippen LogP contribution in [-0.4, -0.2) is 21.6 Å². The van der Waals surface area contributed by atoms with Crippen molar-refractivity contribution in [1.82, 2.24) is 20.6 Å². The number of nitrogens with zero attached hydrogens (tertiary/aromatic N) is 2. The molecule has 2 aromatic heterocycles. The SMILES string of the molecule is Cc1cc(C(=O)NNC(=O)c2ccc(=O)n(C)n2)c(C)o1. The third-order valence-electron chi connectivity index (χ3n) is 2.77. The third-order valence-corrected chi connectivity index (χ3v) is 2.77. The summed E-state index contributed by atoms with van der Waals surface area (Å²) in [5, 5.41) is 3.77. The van der Waals surface area contributed by atoms with Gasteiger partial charge in [-0.25, -0.2) is 4.68 Å². The van der Waals surface area contributed by atoms with Gasteiger partial charge in [-0.15, -0.1) is 0 Å². The molecule has 2 N–H and O–H groups in total. The van der Waals surface area contributed by atoms with Crippen LogP contribution in [0, 0.1) is 13.8 Å². The average Bonchev–Trinajstić information content (AvgIpc) is 2.77. The second kappa shape index (κ2) is 5.61. The van der Waals surface area contributed by atoms with Gasteiger partial charge in [-0.3, -0.25) is 25.2 Å². The predicted molar refractivity (Wildman–Crippen MR) is 72.6 cm³/mol. The van der Waals surface area contributed by atoms with E-state index >= 15 is 0 Å². The van der Waals surface area contributed by atoms with Crippen LogP contribution in [0.3, 0.4) is 0 Å². The van der Waals surface area contributed by atoms with E-state index < -0.39 is 11.8 Å². The maximum Gasteiger partial charge on any atom is 0.290 e. The fourth-order valence-electron chi connectivity index (χ4n) is 1.72. The largest absolute Gasteiger partial charge is 0.466 e. The Kier molecular flexibility index (Phi) is 3.88. The van der Waals surface area contributed by atoms with Gasteiger partial charge in [-0.2, -0.15) is 5.10 Å². The van der Waals surface area contributed by atoms with Crippen LogP contribution < -0.4 is 16.4 Å². The molecule has 8 heteroatoms. The Morgan fingerprint density at radius 3 is 2.43 bits per heavy atom. The Labute approximate surface area is 119 Å². The van der Waals surface area contributed by atoms with E-state index in [-0.39, 0.29) is 11.3 Å². The number of nitrogens with one attached hydrogen (secondary N) is 2. The minimum atomic E-state index is -0.628. The van der Waals surface area contributed by atoms with Crippen molar-refractivity contribution in [2.45, 2.75) is 13.8 Å². The molecule has 0 radical (unpaired) electrons. The summed E-state index contributed by atoms with van der Waals surface area (Å²) in [5.74, 6) is -0.0671. The van der Waals surface area contributed by atoms with Crippen molar-refractivity contribution in [2.75, 3.05) is 0 Å². The number of amides is 2. The molecule has 21 heavy (non-hydrogen) atoms. The molecule has 0 atom stereocenters. The van der Waals surface area contributed by atoms with Crippen LogP contribution in [0.5, 0.6) is 0 Å². The molecule has 0 aliphatic heterocycles. The molecule has 2 aromatic rings. The maximum absolute atomic E-state index is 11.9. The lowest BCUT2D eigenvalue weighted by Gasteiger charge is -2.06. The van der Waals surface area contributed by atoms with Gasteiger partial charge < -0.3 is 4.42 Å². The highest BCUT2D eigenvalue weighted by atomic mass is 16.3. The van der Waals surface area contributed by atoms with Crippen LogP contribution in [-0.2, 0) is 7.05 Å². The normalized spacial score (nSPS) is 10.2. The Morgan fingerprint density at radius 2 is 1.86 bits per heavy atom. The Hall–Kier alpha value is -2.90. The molecule has 0 aromatic carbocycles. The van der Waals surface area contributed by atoms with Gasteiger partial charge >= 0.3 is 0 Å². The number of hydrogen-bond acceptors (Lipinski definition) is 5. The van der Waals surface area contributed by atoms with Crippen molar-refractivity contribution >= 4 is 11.8 Å². The van der Waals surface area contributed by atoms with Crippen LogP contribution in [0.15, 0.2) is 27.4 Å². The van der Waals surface area contributed by atoms with Gasteiger partial charge in [0, 0.05) is 13.1 Å². The molecule has 0 aliphatic carbocycles. The fourth-order valence-corrected chi connectivity index (χ4v) is 1.72. The Bertz CT molecular complexity index is 760. The number of hydrazine groups is 1. The van der Waals surface area contributed by atoms with Crippen molar-refractivity contribution in [2.24, 2.45) is 7.05 Å². The highest BCUT2D eigenvalue weighted by Gasteiger charge is 2.15. The van der Waals surface area contributed by atoms with Crippen molar-refractivity contribution < 1.29 is 14.0 Å². The third kappa shape index (κ3) is 3.16. The monoisotopic (exact) mass is 290 g/mol. The lowest BCUT2D eigenvalue weighted by molar-refractivity contribution is 0.0841. The number of carbonyl (C=O) groups excluding carboxylic acids is 2. The van der Waals surface area contributed by atoms with Gasteiger partial charge in [0.1, 0.15) is 11.5 Å². The number of aromatic nitrogens is 2. The van der Waals surface area contributed by atoms with E-state index in [2.05, 4.69) is 16.0 Å². The molecule has 0 saturated carbocycles. The van der Waals surface area contributed by atoms with Crippen molar-refractivity contribution in [3.8, 4) is 0 Å². The van der Waals surface area contributed by atoms with Crippen LogP contribution in [0.2, 0.25) is 0 Å².